The Morgan fingerprint density at radius 1 is 1.21 bits per heavy atom. The number of aromatic nitrogens is 2. The second-order valence-electron chi connectivity index (χ2n) is 8.46. The summed E-state index contributed by atoms with van der Waals surface area (Å²) in [4.78, 5) is 11.1. The van der Waals surface area contributed by atoms with E-state index in [2.05, 4.69) is 27.2 Å². The van der Waals surface area contributed by atoms with Crippen molar-refractivity contribution in [1.29, 1.82) is 0 Å². The molecule has 0 aliphatic carbocycles. The standard InChI is InChI=1S/C24H26F4N4O/c1-14(18-7-4-8-20(22(18)25)24(26,27)28)29-23-19-12-17(9-10-21(19)30-15(2)31-23)33-13-16-6-5-11-32(16)3/h4,7-10,12,14,16H,5-6,11,13H2,1-3H3,(H,29,30,31)/t14-,16+/m1/s1. The van der Waals surface area contributed by atoms with Gasteiger partial charge in [0.1, 0.15) is 29.8 Å². The van der Waals surface area contributed by atoms with Gasteiger partial charge in [0.15, 0.2) is 0 Å². The number of benzene rings is 2. The second kappa shape index (κ2) is 9.13. The molecule has 2 heterocycles. The Bertz CT molecular complexity index is 1150. The number of halogens is 4. The summed E-state index contributed by atoms with van der Waals surface area (Å²) >= 11 is 0. The van der Waals surface area contributed by atoms with E-state index in [1.807, 2.05) is 12.1 Å². The molecule has 3 aromatic rings. The van der Waals surface area contributed by atoms with Crippen LogP contribution in [0.1, 0.15) is 42.8 Å². The number of likely N-dealkylation sites (N-methyl/N-ethyl adjacent to an activating group) is 1. The maximum atomic E-state index is 14.6. The van der Waals surface area contributed by atoms with Crippen LogP contribution in [0.25, 0.3) is 10.9 Å². The minimum absolute atomic E-state index is 0.0917. The van der Waals surface area contributed by atoms with Crippen LogP contribution in [0.4, 0.5) is 23.4 Å². The second-order valence-corrected chi connectivity index (χ2v) is 8.46. The number of nitrogens with zero attached hydrogens (tertiary/aromatic N) is 3. The molecule has 2 aromatic carbocycles. The van der Waals surface area contributed by atoms with Gasteiger partial charge in [0.25, 0.3) is 0 Å². The van der Waals surface area contributed by atoms with Gasteiger partial charge in [-0.15, -0.1) is 0 Å². The van der Waals surface area contributed by atoms with Crippen LogP contribution >= 0.6 is 0 Å². The highest BCUT2D eigenvalue weighted by molar-refractivity contribution is 5.90. The van der Waals surface area contributed by atoms with E-state index in [0.717, 1.165) is 25.5 Å². The molecule has 33 heavy (non-hydrogen) atoms. The average molecular weight is 462 g/mol. The first-order chi connectivity index (χ1) is 15.6. The average Bonchev–Trinajstić information content (AvgIpc) is 3.16. The fraction of sp³-hybridized carbons (Fsp3) is 0.417. The molecule has 0 bridgehead atoms. The summed E-state index contributed by atoms with van der Waals surface area (Å²) in [5.74, 6) is 0.259. The van der Waals surface area contributed by atoms with Crippen molar-refractivity contribution in [2.75, 3.05) is 25.5 Å². The van der Waals surface area contributed by atoms with Crippen LogP contribution in [-0.2, 0) is 6.18 Å². The Labute approximate surface area is 189 Å². The molecule has 1 aliphatic heterocycles. The van der Waals surface area contributed by atoms with E-state index < -0.39 is 23.6 Å². The SMILES string of the molecule is Cc1nc(N[C@H](C)c2cccc(C(F)(F)F)c2F)c2cc(OC[C@@H]3CCCN3C)ccc2n1. The third-order valence-corrected chi connectivity index (χ3v) is 6.05. The van der Waals surface area contributed by atoms with Crippen molar-refractivity contribution in [1.82, 2.24) is 14.9 Å². The molecule has 0 radical (unpaired) electrons. The number of hydrogen-bond donors (Lipinski definition) is 1. The first-order valence-corrected chi connectivity index (χ1v) is 10.9. The van der Waals surface area contributed by atoms with Crippen molar-refractivity contribution in [3.8, 4) is 5.75 Å². The molecule has 1 aliphatic rings. The van der Waals surface area contributed by atoms with Crippen molar-refractivity contribution >= 4 is 16.7 Å². The van der Waals surface area contributed by atoms with Gasteiger partial charge in [-0.25, -0.2) is 14.4 Å². The Hall–Kier alpha value is -2.94. The fourth-order valence-corrected chi connectivity index (χ4v) is 4.19. The highest BCUT2D eigenvalue weighted by Crippen LogP contribution is 2.35. The van der Waals surface area contributed by atoms with Crippen molar-refractivity contribution in [2.24, 2.45) is 0 Å². The van der Waals surface area contributed by atoms with E-state index in [4.69, 9.17) is 4.74 Å². The lowest BCUT2D eigenvalue weighted by molar-refractivity contribution is -0.140. The molecule has 0 amide bonds. The molecule has 1 fully saturated rings. The van der Waals surface area contributed by atoms with Gasteiger partial charge in [-0.2, -0.15) is 13.2 Å². The molecule has 2 atom stereocenters. The number of fused-ring (bicyclic) bond motifs is 1. The molecule has 1 aromatic heterocycles. The first-order valence-electron chi connectivity index (χ1n) is 10.9. The lowest BCUT2D eigenvalue weighted by Crippen LogP contribution is -2.30. The summed E-state index contributed by atoms with van der Waals surface area (Å²) in [6, 6.07) is 8.34. The molecule has 0 spiro atoms. The minimum Gasteiger partial charge on any atom is -0.492 e. The molecule has 1 N–H and O–H groups in total. The zero-order valence-corrected chi connectivity index (χ0v) is 18.7. The largest absolute Gasteiger partial charge is 0.492 e. The Morgan fingerprint density at radius 3 is 2.70 bits per heavy atom. The van der Waals surface area contributed by atoms with Crippen molar-refractivity contribution in [3.63, 3.8) is 0 Å². The number of hydrogen-bond acceptors (Lipinski definition) is 5. The number of rotatable bonds is 6. The highest BCUT2D eigenvalue weighted by Gasteiger charge is 2.35. The fourth-order valence-electron chi connectivity index (χ4n) is 4.19. The zero-order chi connectivity index (χ0) is 23.8. The molecule has 176 valence electrons. The van der Waals surface area contributed by atoms with Gasteiger partial charge in [0.2, 0.25) is 0 Å². The monoisotopic (exact) mass is 462 g/mol. The van der Waals surface area contributed by atoms with E-state index in [-0.39, 0.29) is 5.56 Å². The Morgan fingerprint density at radius 2 is 2.00 bits per heavy atom. The molecule has 0 unspecified atom stereocenters. The van der Waals surface area contributed by atoms with Crippen molar-refractivity contribution < 1.29 is 22.3 Å². The van der Waals surface area contributed by atoms with Gasteiger partial charge in [-0.3, -0.25) is 0 Å². The quantitative estimate of drug-likeness (QED) is 0.474. The Balaban J connectivity index is 1.61. The predicted molar refractivity (Wildman–Crippen MR) is 119 cm³/mol. The zero-order valence-electron chi connectivity index (χ0n) is 18.7. The maximum Gasteiger partial charge on any atom is 0.419 e. The molecule has 9 heteroatoms. The number of ether oxygens (including phenoxy) is 1. The topological polar surface area (TPSA) is 50.3 Å². The Kier molecular flexibility index (Phi) is 6.43. The third kappa shape index (κ3) is 5.03. The molecule has 1 saturated heterocycles. The number of likely N-dealkylation sites (tertiary alicyclic amines) is 1. The lowest BCUT2D eigenvalue weighted by atomic mass is 10.0. The van der Waals surface area contributed by atoms with E-state index >= 15 is 0 Å². The summed E-state index contributed by atoms with van der Waals surface area (Å²) in [6.07, 6.45) is -2.54. The number of alkyl halides is 3. The van der Waals surface area contributed by atoms with E-state index in [1.54, 1.807) is 19.9 Å². The molecule has 5 nitrogen and oxygen atoms in total. The summed E-state index contributed by atoms with van der Waals surface area (Å²) in [6.45, 7) is 4.93. The van der Waals surface area contributed by atoms with Crippen LogP contribution in [0.3, 0.4) is 0 Å². The summed E-state index contributed by atoms with van der Waals surface area (Å²) in [7, 11) is 2.08. The van der Waals surface area contributed by atoms with Crippen LogP contribution in [0.2, 0.25) is 0 Å². The van der Waals surface area contributed by atoms with E-state index in [0.29, 0.717) is 40.9 Å². The maximum absolute atomic E-state index is 14.6. The van der Waals surface area contributed by atoms with Gasteiger partial charge < -0.3 is 15.0 Å². The predicted octanol–water partition coefficient (Wildman–Crippen LogP) is 5.74. The van der Waals surface area contributed by atoms with E-state index in [9.17, 15) is 17.6 Å². The van der Waals surface area contributed by atoms with Gasteiger partial charge in [-0.1, -0.05) is 12.1 Å². The van der Waals surface area contributed by atoms with Crippen molar-refractivity contribution in [2.45, 2.75) is 44.9 Å². The first kappa shape index (κ1) is 23.2. The molecule has 4 rings (SSSR count). The smallest absolute Gasteiger partial charge is 0.419 e. The highest BCUT2D eigenvalue weighted by atomic mass is 19.4. The van der Waals surface area contributed by atoms with Gasteiger partial charge in [0.05, 0.1) is 17.1 Å². The van der Waals surface area contributed by atoms with Gasteiger partial charge >= 0.3 is 6.18 Å². The van der Waals surface area contributed by atoms with Crippen LogP contribution in [0.5, 0.6) is 5.75 Å². The van der Waals surface area contributed by atoms with Crippen LogP contribution in [0.15, 0.2) is 36.4 Å². The lowest BCUT2D eigenvalue weighted by Gasteiger charge is -2.21. The molecular formula is C24H26F4N4O. The summed E-state index contributed by atoms with van der Waals surface area (Å²) in [5.41, 5.74) is -0.720. The normalized spacial score (nSPS) is 18.0. The number of nitrogens with one attached hydrogen (secondary N) is 1. The van der Waals surface area contributed by atoms with Crippen LogP contribution in [0, 0.1) is 12.7 Å². The van der Waals surface area contributed by atoms with Crippen molar-refractivity contribution in [3.05, 3.63) is 59.2 Å². The van der Waals surface area contributed by atoms with E-state index in [1.165, 1.54) is 12.1 Å². The number of anilines is 1. The number of aryl methyl sites for hydroxylation is 1. The minimum atomic E-state index is -4.77. The molecular weight excluding hydrogens is 436 g/mol. The van der Waals surface area contributed by atoms with Crippen LogP contribution in [-0.4, -0.2) is 41.1 Å². The van der Waals surface area contributed by atoms with Gasteiger partial charge in [0, 0.05) is 17.0 Å². The van der Waals surface area contributed by atoms with Crippen LogP contribution < -0.4 is 10.1 Å². The summed E-state index contributed by atoms with van der Waals surface area (Å²) in [5, 5.41) is 3.72. The van der Waals surface area contributed by atoms with Gasteiger partial charge in [-0.05, 0) is 64.5 Å². The summed E-state index contributed by atoms with van der Waals surface area (Å²) < 4.78 is 60.1. The third-order valence-electron chi connectivity index (χ3n) is 6.05. The molecule has 0 saturated carbocycles.